The SMILES string of the molecule is COCCCNC(=O)/C(C#N)=C/c1c(C)nn([C@H]2CCS(=O)(=O)C2)c1Cl. The number of aryl methyl sites for hydroxylation is 1. The number of nitrogens with one attached hydrogen (secondary N) is 1. The van der Waals surface area contributed by atoms with Gasteiger partial charge in [0.25, 0.3) is 5.91 Å². The lowest BCUT2D eigenvalue weighted by molar-refractivity contribution is -0.117. The molecule has 1 fully saturated rings. The Morgan fingerprint density at radius 3 is 2.88 bits per heavy atom. The molecule has 142 valence electrons. The van der Waals surface area contributed by atoms with Gasteiger partial charge in [-0.25, -0.2) is 13.1 Å². The Bertz CT molecular complexity index is 854. The van der Waals surface area contributed by atoms with Crippen LogP contribution >= 0.6 is 11.6 Å². The molecule has 0 unspecified atom stereocenters. The largest absolute Gasteiger partial charge is 0.385 e. The summed E-state index contributed by atoms with van der Waals surface area (Å²) in [5.74, 6) is -0.414. The van der Waals surface area contributed by atoms with E-state index in [1.807, 2.05) is 6.07 Å². The van der Waals surface area contributed by atoms with Gasteiger partial charge in [-0.2, -0.15) is 10.4 Å². The van der Waals surface area contributed by atoms with Crippen molar-refractivity contribution in [1.82, 2.24) is 15.1 Å². The van der Waals surface area contributed by atoms with Crippen LogP contribution in [0.4, 0.5) is 0 Å². The lowest BCUT2D eigenvalue weighted by atomic mass is 10.1. The van der Waals surface area contributed by atoms with Crippen LogP contribution in [0.1, 0.15) is 30.1 Å². The zero-order valence-electron chi connectivity index (χ0n) is 14.7. The van der Waals surface area contributed by atoms with E-state index in [4.69, 9.17) is 16.3 Å². The van der Waals surface area contributed by atoms with Crippen molar-refractivity contribution in [2.45, 2.75) is 25.8 Å². The fraction of sp³-hybridized carbons (Fsp3) is 0.562. The van der Waals surface area contributed by atoms with Gasteiger partial charge < -0.3 is 10.1 Å². The molecular formula is C16H21ClN4O4S. The summed E-state index contributed by atoms with van der Waals surface area (Å²) >= 11 is 6.36. The number of rotatable bonds is 7. The van der Waals surface area contributed by atoms with Gasteiger partial charge in [0.1, 0.15) is 16.8 Å². The molecule has 0 radical (unpaired) electrons. The number of amides is 1. The van der Waals surface area contributed by atoms with Gasteiger partial charge in [-0.3, -0.25) is 4.79 Å². The average molecular weight is 401 g/mol. The molecule has 1 aromatic rings. The summed E-state index contributed by atoms with van der Waals surface area (Å²) in [6.45, 7) is 2.59. The first-order chi connectivity index (χ1) is 12.3. The van der Waals surface area contributed by atoms with Crippen LogP contribution in [-0.2, 0) is 19.4 Å². The lowest BCUT2D eigenvalue weighted by Gasteiger charge is -2.09. The van der Waals surface area contributed by atoms with Crippen molar-refractivity contribution in [2.24, 2.45) is 0 Å². The van der Waals surface area contributed by atoms with E-state index in [2.05, 4.69) is 10.4 Å². The minimum absolute atomic E-state index is 0.0118. The molecular weight excluding hydrogens is 380 g/mol. The predicted octanol–water partition coefficient (Wildman–Crippen LogP) is 1.26. The van der Waals surface area contributed by atoms with E-state index in [1.165, 1.54) is 10.8 Å². The van der Waals surface area contributed by atoms with Gasteiger partial charge >= 0.3 is 0 Å². The monoisotopic (exact) mass is 400 g/mol. The highest BCUT2D eigenvalue weighted by Gasteiger charge is 2.32. The van der Waals surface area contributed by atoms with Gasteiger partial charge in [-0.05, 0) is 25.8 Å². The molecule has 26 heavy (non-hydrogen) atoms. The third-order valence-electron chi connectivity index (χ3n) is 4.09. The Hall–Kier alpha value is -1.89. The number of carbonyl (C=O) groups is 1. The fourth-order valence-electron chi connectivity index (χ4n) is 2.71. The van der Waals surface area contributed by atoms with Gasteiger partial charge in [0.2, 0.25) is 0 Å². The highest BCUT2D eigenvalue weighted by Crippen LogP contribution is 2.30. The molecule has 10 heteroatoms. The summed E-state index contributed by atoms with van der Waals surface area (Å²) in [7, 11) is -1.51. The maximum atomic E-state index is 12.1. The normalized spacial score (nSPS) is 19.3. The van der Waals surface area contributed by atoms with Gasteiger partial charge in [-0.1, -0.05) is 11.6 Å². The van der Waals surface area contributed by atoms with Crippen LogP contribution in [0, 0.1) is 18.3 Å². The number of nitrogens with zero attached hydrogens (tertiary/aromatic N) is 3. The van der Waals surface area contributed by atoms with Crippen LogP contribution in [0.15, 0.2) is 5.57 Å². The third-order valence-corrected chi connectivity index (χ3v) is 6.22. The van der Waals surface area contributed by atoms with Crippen molar-refractivity contribution in [3.8, 4) is 6.07 Å². The molecule has 2 rings (SSSR count). The Morgan fingerprint density at radius 2 is 2.31 bits per heavy atom. The molecule has 0 aromatic carbocycles. The summed E-state index contributed by atoms with van der Waals surface area (Å²) in [6, 6.07) is 1.53. The minimum Gasteiger partial charge on any atom is -0.385 e. The number of hydrogen-bond donors (Lipinski definition) is 1. The molecule has 0 saturated carbocycles. The molecule has 0 spiro atoms. The number of ether oxygens (including phenoxy) is 1. The van der Waals surface area contributed by atoms with Gasteiger partial charge in [-0.15, -0.1) is 0 Å². The van der Waals surface area contributed by atoms with E-state index in [1.54, 1.807) is 14.0 Å². The summed E-state index contributed by atoms with van der Waals surface area (Å²) in [6.07, 6.45) is 2.46. The van der Waals surface area contributed by atoms with E-state index in [9.17, 15) is 18.5 Å². The van der Waals surface area contributed by atoms with Crippen LogP contribution in [-0.4, -0.2) is 55.9 Å². The third kappa shape index (κ3) is 4.84. The molecule has 1 atom stereocenters. The predicted molar refractivity (Wildman–Crippen MR) is 97.4 cm³/mol. The summed E-state index contributed by atoms with van der Waals surface area (Å²) in [4.78, 5) is 12.1. The highest BCUT2D eigenvalue weighted by atomic mass is 35.5. The first kappa shape index (κ1) is 20.4. The molecule has 0 bridgehead atoms. The Balaban J connectivity index is 2.21. The van der Waals surface area contributed by atoms with Crippen molar-refractivity contribution in [2.75, 3.05) is 31.8 Å². The number of carbonyl (C=O) groups excluding carboxylic acids is 1. The number of hydrogen-bond acceptors (Lipinski definition) is 6. The van der Waals surface area contributed by atoms with Crippen LogP contribution < -0.4 is 5.32 Å². The second-order valence-corrected chi connectivity index (χ2v) is 8.65. The van der Waals surface area contributed by atoms with E-state index in [0.717, 1.165) is 0 Å². The van der Waals surface area contributed by atoms with Gasteiger partial charge in [0.15, 0.2) is 9.84 Å². The molecule has 1 N–H and O–H groups in total. The van der Waals surface area contributed by atoms with Crippen LogP contribution in [0.25, 0.3) is 6.08 Å². The van der Waals surface area contributed by atoms with E-state index in [-0.39, 0.29) is 28.3 Å². The standard InChI is InChI=1S/C16H21ClN4O4S/c1-11-14(8-12(9-18)16(22)19-5-3-6-25-2)15(17)21(20-11)13-4-7-26(23,24)10-13/h8,13H,3-7,10H2,1-2H3,(H,19,22)/b12-8+/t13-/m0/s1. The number of methoxy groups -OCH3 is 1. The molecule has 0 aliphatic carbocycles. The molecule has 1 aliphatic heterocycles. The first-order valence-electron chi connectivity index (χ1n) is 8.13. The maximum absolute atomic E-state index is 12.1. The Kier molecular flexibility index (Phi) is 6.81. The van der Waals surface area contributed by atoms with E-state index < -0.39 is 15.7 Å². The Labute approximate surface area is 157 Å². The van der Waals surface area contributed by atoms with Crippen LogP contribution in [0.3, 0.4) is 0 Å². The second-order valence-electron chi connectivity index (χ2n) is 6.06. The number of halogens is 1. The minimum atomic E-state index is -3.08. The van der Waals surface area contributed by atoms with Gasteiger partial charge in [0, 0.05) is 25.8 Å². The van der Waals surface area contributed by atoms with Crippen molar-refractivity contribution in [3.63, 3.8) is 0 Å². The smallest absolute Gasteiger partial charge is 0.261 e. The molecule has 2 heterocycles. The van der Waals surface area contributed by atoms with E-state index >= 15 is 0 Å². The van der Waals surface area contributed by atoms with Crippen LogP contribution in [0.5, 0.6) is 0 Å². The zero-order valence-corrected chi connectivity index (χ0v) is 16.2. The van der Waals surface area contributed by atoms with Crippen molar-refractivity contribution >= 4 is 33.4 Å². The number of nitriles is 1. The van der Waals surface area contributed by atoms with Crippen molar-refractivity contribution in [1.29, 1.82) is 5.26 Å². The van der Waals surface area contributed by atoms with Crippen molar-refractivity contribution in [3.05, 3.63) is 22.0 Å². The molecule has 8 nitrogen and oxygen atoms in total. The maximum Gasteiger partial charge on any atom is 0.261 e. The number of sulfone groups is 1. The lowest BCUT2D eigenvalue weighted by Crippen LogP contribution is -2.26. The zero-order chi connectivity index (χ0) is 19.3. The van der Waals surface area contributed by atoms with Gasteiger partial charge in [0.05, 0.1) is 23.2 Å². The van der Waals surface area contributed by atoms with E-state index in [0.29, 0.717) is 37.3 Å². The molecule has 1 saturated heterocycles. The summed E-state index contributed by atoms with van der Waals surface area (Å²) in [5, 5.41) is 16.5. The molecule has 1 aromatic heterocycles. The molecule has 1 amide bonds. The second kappa shape index (κ2) is 8.66. The molecule has 1 aliphatic rings. The summed E-state index contributed by atoms with van der Waals surface area (Å²) in [5.41, 5.74) is 0.879. The first-order valence-corrected chi connectivity index (χ1v) is 10.3. The average Bonchev–Trinajstić information content (AvgIpc) is 3.08. The Morgan fingerprint density at radius 1 is 1.58 bits per heavy atom. The van der Waals surface area contributed by atoms with Crippen molar-refractivity contribution < 1.29 is 17.9 Å². The highest BCUT2D eigenvalue weighted by molar-refractivity contribution is 7.91. The summed E-state index contributed by atoms with van der Waals surface area (Å²) < 4.78 is 29.7. The number of aromatic nitrogens is 2. The topological polar surface area (TPSA) is 114 Å². The fourth-order valence-corrected chi connectivity index (χ4v) is 4.77. The quantitative estimate of drug-likeness (QED) is 0.418. The van der Waals surface area contributed by atoms with Crippen LogP contribution in [0.2, 0.25) is 5.15 Å².